The number of halogens is 1. The van der Waals surface area contributed by atoms with Crippen molar-refractivity contribution >= 4 is 11.6 Å². The average Bonchev–Trinajstić information content (AvgIpc) is 2.41. The van der Waals surface area contributed by atoms with E-state index < -0.39 is 5.82 Å². The van der Waals surface area contributed by atoms with Crippen molar-refractivity contribution in [3.8, 4) is 0 Å². The molecule has 1 aromatic carbocycles. The second-order valence-corrected chi connectivity index (χ2v) is 7.17. The third-order valence-corrected chi connectivity index (χ3v) is 5.76. The molecule has 0 heterocycles. The topological polar surface area (TPSA) is 55.1 Å². The van der Waals surface area contributed by atoms with Crippen LogP contribution in [0.25, 0.3) is 0 Å². The summed E-state index contributed by atoms with van der Waals surface area (Å²) in [5, 5.41) is 3.12. The number of carbonyl (C=O) groups is 1. The third-order valence-electron chi connectivity index (χ3n) is 5.76. The lowest BCUT2D eigenvalue weighted by Crippen LogP contribution is -2.55. The number of benzene rings is 1. The Morgan fingerprint density at radius 3 is 2.29 bits per heavy atom. The standard InChI is InChI=1S/C17H21FN2O/c18-15-8-13(19)1-2-14(15)17(21)20-16-11-4-9-3-10(6-11)7-12(16)5-9/h1-2,8-12,16H,3-7,19H2,(H,20,21). The number of nitrogens with two attached hydrogens (primary N) is 1. The zero-order chi connectivity index (χ0) is 14.6. The highest BCUT2D eigenvalue weighted by Gasteiger charge is 2.48. The summed E-state index contributed by atoms with van der Waals surface area (Å²) in [6, 6.07) is 4.51. The molecule has 3 N–H and O–H groups in total. The zero-order valence-corrected chi connectivity index (χ0v) is 12.0. The van der Waals surface area contributed by atoms with Crippen LogP contribution in [0.3, 0.4) is 0 Å². The van der Waals surface area contributed by atoms with E-state index in [0.29, 0.717) is 17.5 Å². The molecule has 0 unspecified atom stereocenters. The lowest BCUT2D eigenvalue weighted by atomic mass is 9.54. The predicted octanol–water partition coefficient (Wildman–Crippen LogP) is 2.96. The molecule has 4 heteroatoms. The quantitative estimate of drug-likeness (QED) is 0.822. The van der Waals surface area contributed by atoms with Gasteiger partial charge in [0.1, 0.15) is 5.82 Å². The van der Waals surface area contributed by atoms with Gasteiger partial charge in [-0.25, -0.2) is 4.39 Å². The lowest BCUT2D eigenvalue weighted by Gasteiger charge is -2.54. The highest BCUT2D eigenvalue weighted by molar-refractivity contribution is 5.95. The van der Waals surface area contributed by atoms with Crippen LogP contribution in [-0.4, -0.2) is 11.9 Å². The molecule has 0 atom stereocenters. The Balaban J connectivity index is 1.52. The van der Waals surface area contributed by atoms with Gasteiger partial charge in [-0.05, 0) is 74.0 Å². The van der Waals surface area contributed by atoms with Crippen LogP contribution in [0.4, 0.5) is 10.1 Å². The van der Waals surface area contributed by atoms with Crippen LogP contribution in [-0.2, 0) is 0 Å². The molecule has 0 aromatic heterocycles. The summed E-state index contributed by atoms with van der Waals surface area (Å²) < 4.78 is 13.9. The fraction of sp³-hybridized carbons (Fsp3) is 0.588. The molecule has 4 saturated carbocycles. The molecule has 4 bridgehead atoms. The maximum Gasteiger partial charge on any atom is 0.254 e. The van der Waals surface area contributed by atoms with Gasteiger partial charge in [0.25, 0.3) is 5.91 Å². The van der Waals surface area contributed by atoms with Crippen LogP contribution in [0.1, 0.15) is 42.5 Å². The molecule has 3 nitrogen and oxygen atoms in total. The second-order valence-electron chi connectivity index (χ2n) is 7.17. The van der Waals surface area contributed by atoms with E-state index in [1.807, 2.05) is 0 Å². The van der Waals surface area contributed by atoms with Gasteiger partial charge in [-0.2, -0.15) is 0 Å². The van der Waals surface area contributed by atoms with Crippen molar-refractivity contribution in [2.24, 2.45) is 23.7 Å². The highest BCUT2D eigenvalue weighted by atomic mass is 19.1. The van der Waals surface area contributed by atoms with Crippen molar-refractivity contribution < 1.29 is 9.18 Å². The van der Waals surface area contributed by atoms with Gasteiger partial charge in [-0.3, -0.25) is 4.79 Å². The minimum atomic E-state index is -0.531. The van der Waals surface area contributed by atoms with Crippen molar-refractivity contribution in [1.29, 1.82) is 0 Å². The Bertz CT molecular complexity index is 558. The van der Waals surface area contributed by atoms with Crippen molar-refractivity contribution in [2.75, 3.05) is 5.73 Å². The van der Waals surface area contributed by atoms with Crippen molar-refractivity contribution in [1.82, 2.24) is 5.32 Å². The van der Waals surface area contributed by atoms with E-state index in [2.05, 4.69) is 5.32 Å². The number of hydrogen-bond donors (Lipinski definition) is 2. The van der Waals surface area contributed by atoms with Crippen LogP contribution >= 0.6 is 0 Å². The first-order chi connectivity index (χ1) is 10.1. The summed E-state index contributed by atoms with van der Waals surface area (Å²) in [4.78, 5) is 12.4. The number of anilines is 1. The summed E-state index contributed by atoms with van der Waals surface area (Å²) in [6.45, 7) is 0. The van der Waals surface area contributed by atoms with E-state index >= 15 is 0 Å². The van der Waals surface area contributed by atoms with Crippen LogP contribution in [0.5, 0.6) is 0 Å². The summed E-state index contributed by atoms with van der Waals surface area (Å²) >= 11 is 0. The van der Waals surface area contributed by atoms with Gasteiger partial charge in [-0.15, -0.1) is 0 Å². The fourth-order valence-corrected chi connectivity index (χ4v) is 5.11. The summed E-state index contributed by atoms with van der Waals surface area (Å²) in [6.07, 6.45) is 6.34. The first kappa shape index (κ1) is 13.1. The highest BCUT2D eigenvalue weighted by Crippen LogP contribution is 2.53. The van der Waals surface area contributed by atoms with Crippen molar-refractivity contribution in [2.45, 2.75) is 38.1 Å². The Morgan fingerprint density at radius 1 is 1.10 bits per heavy atom. The Labute approximate surface area is 124 Å². The van der Waals surface area contributed by atoms with Gasteiger partial charge in [0, 0.05) is 11.7 Å². The van der Waals surface area contributed by atoms with E-state index in [0.717, 1.165) is 11.8 Å². The molecule has 0 radical (unpaired) electrons. The molecule has 4 fully saturated rings. The van der Waals surface area contributed by atoms with Gasteiger partial charge in [0.2, 0.25) is 0 Å². The number of amides is 1. The second kappa shape index (κ2) is 4.72. The minimum absolute atomic E-state index is 0.109. The van der Waals surface area contributed by atoms with Crippen LogP contribution in [0, 0.1) is 29.5 Å². The van der Waals surface area contributed by atoms with E-state index in [-0.39, 0.29) is 17.5 Å². The summed E-state index contributed by atoms with van der Waals surface area (Å²) in [5.41, 5.74) is 5.99. The predicted molar refractivity (Wildman–Crippen MR) is 79.1 cm³/mol. The van der Waals surface area contributed by atoms with Gasteiger partial charge < -0.3 is 11.1 Å². The smallest absolute Gasteiger partial charge is 0.254 e. The molecule has 0 saturated heterocycles. The first-order valence-electron chi connectivity index (χ1n) is 7.96. The molecule has 112 valence electrons. The molecule has 1 amide bonds. The maximum atomic E-state index is 13.9. The number of carbonyl (C=O) groups excluding carboxylic acids is 1. The van der Waals surface area contributed by atoms with E-state index in [1.165, 1.54) is 44.2 Å². The van der Waals surface area contributed by atoms with Gasteiger partial charge in [-0.1, -0.05) is 0 Å². The van der Waals surface area contributed by atoms with E-state index in [1.54, 1.807) is 6.07 Å². The SMILES string of the molecule is Nc1ccc(C(=O)NC2C3CC4CC(C3)CC2C4)c(F)c1. The lowest BCUT2D eigenvalue weighted by molar-refractivity contribution is -0.0120. The molecule has 0 aliphatic heterocycles. The molecular weight excluding hydrogens is 267 g/mol. The maximum absolute atomic E-state index is 13.9. The van der Waals surface area contributed by atoms with Crippen LogP contribution in [0.15, 0.2) is 18.2 Å². The van der Waals surface area contributed by atoms with Gasteiger partial charge in [0.15, 0.2) is 0 Å². The zero-order valence-electron chi connectivity index (χ0n) is 12.0. The average molecular weight is 288 g/mol. The number of nitrogens with one attached hydrogen (secondary N) is 1. The van der Waals surface area contributed by atoms with Crippen LogP contribution in [0.2, 0.25) is 0 Å². The largest absolute Gasteiger partial charge is 0.399 e. The molecule has 5 rings (SSSR count). The monoisotopic (exact) mass is 288 g/mol. The van der Waals surface area contributed by atoms with Gasteiger partial charge in [0.05, 0.1) is 5.56 Å². The molecule has 1 aromatic rings. The van der Waals surface area contributed by atoms with E-state index in [4.69, 9.17) is 5.73 Å². The van der Waals surface area contributed by atoms with Crippen LogP contribution < -0.4 is 11.1 Å². The summed E-state index contributed by atoms with van der Waals surface area (Å²) in [7, 11) is 0. The molecule has 4 aliphatic rings. The van der Waals surface area contributed by atoms with Crippen molar-refractivity contribution in [3.05, 3.63) is 29.6 Å². The normalized spacial score (nSPS) is 36.7. The summed E-state index contributed by atoms with van der Waals surface area (Å²) in [5.74, 6) is 2.12. The Kier molecular flexibility index (Phi) is 2.95. The molecule has 4 aliphatic carbocycles. The Hall–Kier alpha value is -1.58. The Morgan fingerprint density at radius 2 is 1.71 bits per heavy atom. The molecular formula is C17H21FN2O. The molecule has 21 heavy (non-hydrogen) atoms. The number of rotatable bonds is 2. The minimum Gasteiger partial charge on any atom is -0.399 e. The first-order valence-corrected chi connectivity index (χ1v) is 7.96. The van der Waals surface area contributed by atoms with E-state index in [9.17, 15) is 9.18 Å². The number of hydrogen-bond acceptors (Lipinski definition) is 2. The fourth-order valence-electron chi connectivity index (χ4n) is 5.11. The number of nitrogen functional groups attached to an aromatic ring is 1. The van der Waals surface area contributed by atoms with Gasteiger partial charge >= 0.3 is 0 Å². The molecule has 0 spiro atoms. The third kappa shape index (κ3) is 2.21. The van der Waals surface area contributed by atoms with Crippen molar-refractivity contribution in [3.63, 3.8) is 0 Å².